The molecule has 3 heteroatoms. The lowest BCUT2D eigenvalue weighted by Crippen LogP contribution is -2.23. The van der Waals surface area contributed by atoms with Crippen LogP contribution in [0, 0.1) is 17.8 Å². The van der Waals surface area contributed by atoms with E-state index in [1.54, 1.807) is 0 Å². The second-order valence-electron chi connectivity index (χ2n) is 5.82. The van der Waals surface area contributed by atoms with Gasteiger partial charge in [0.1, 0.15) is 0 Å². The van der Waals surface area contributed by atoms with E-state index < -0.39 is 12.1 Å². The Morgan fingerprint density at radius 1 is 0.833 bits per heavy atom. The van der Waals surface area contributed by atoms with Crippen LogP contribution in [0.5, 0.6) is 0 Å². The summed E-state index contributed by atoms with van der Waals surface area (Å²) in [6, 6.07) is 18.8. The summed E-state index contributed by atoms with van der Waals surface area (Å²) >= 11 is 0. The molecule has 0 nitrogen and oxygen atoms in total. The first-order valence-corrected chi connectivity index (χ1v) is 8.20. The maximum absolute atomic E-state index is 13.2. The van der Waals surface area contributed by atoms with Crippen LogP contribution in [0.3, 0.4) is 0 Å². The molecule has 2 rings (SSSR count). The van der Waals surface area contributed by atoms with Crippen molar-refractivity contribution in [2.24, 2.45) is 5.92 Å². The van der Waals surface area contributed by atoms with Gasteiger partial charge in [-0.15, -0.1) is 0 Å². The van der Waals surface area contributed by atoms with Crippen LogP contribution in [-0.2, 0) is 6.42 Å². The van der Waals surface area contributed by atoms with Crippen molar-refractivity contribution >= 4 is 0 Å². The molecule has 0 saturated heterocycles. The molecule has 2 aromatic carbocycles. The Morgan fingerprint density at radius 2 is 1.46 bits per heavy atom. The van der Waals surface area contributed by atoms with E-state index in [2.05, 4.69) is 11.8 Å². The Bertz CT molecular complexity index is 648. The standard InChI is InChI=1S/C21H21F3/c22-21(23,24)20(17-16-19-13-6-2-7-14-19)15-9-3-8-12-18-10-4-1-5-11-18/h1-2,4-7,10-11,13-14,20H,3,9,15-17H2. The van der Waals surface area contributed by atoms with Crippen molar-refractivity contribution in [2.75, 3.05) is 0 Å². The third-order valence-electron chi connectivity index (χ3n) is 3.95. The van der Waals surface area contributed by atoms with Gasteiger partial charge in [-0.2, -0.15) is 13.2 Å². The number of rotatable bonds is 6. The second-order valence-corrected chi connectivity index (χ2v) is 5.82. The third-order valence-corrected chi connectivity index (χ3v) is 3.95. The quantitative estimate of drug-likeness (QED) is 0.449. The van der Waals surface area contributed by atoms with Crippen LogP contribution >= 0.6 is 0 Å². The second kappa shape index (κ2) is 9.17. The van der Waals surface area contributed by atoms with Gasteiger partial charge >= 0.3 is 6.18 Å². The van der Waals surface area contributed by atoms with Gasteiger partial charge in [0.05, 0.1) is 5.92 Å². The number of unbranched alkanes of at least 4 members (excludes halogenated alkanes) is 1. The minimum Gasteiger partial charge on any atom is -0.171 e. The van der Waals surface area contributed by atoms with Crippen molar-refractivity contribution < 1.29 is 13.2 Å². The van der Waals surface area contributed by atoms with Gasteiger partial charge in [0, 0.05) is 12.0 Å². The summed E-state index contributed by atoms with van der Waals surface area (Å²) in [5, 5.41) is 0. The summed E-state index contributed by atoms with van der Waals surface area (Å²) in [4.78, 5) is 0. The molecule has 0 saturated carbocycles. The van der Waals surface area contributed by atoms with Gasteiger partial charge in [0.15, 0.2) is 0 Å². The molecule has 0 aliphatic carbocycles. The molecule has 2 aromatic rings. The van der Waals surface area contributed by atoms with Crippen LogP contribution in [0.1, 0.15) is 36.8 Å². The third kappa shape index (κ3) is 6.50. The smallest absolute Gasteiger partial charge is 0.171 e. The van der Waals surface area contributed by atoms with E-state index >= 15 is 0 Å². The Balaban J connectivity index is 1.80. The molecule has 0 fully saturated rings. The molecule has 1 atom stereocenters. The zero-order valence-electron chi connectivity index (χ0n) is 13.5. The molecule has 0 radical (unpaired) electrons. The first kappa shape index (κ1) is 18.1. The van der Waals surface area contributed by atoms with Gasteiger partial charge in [-0.25, -0.2) is 0 Å². The van der Waals surface area contributed by atoms with E-state index in [9.17, 15) is 13.2 Å². The monoisotopic (exact) mass is 330 g/mol. The molecule has 0 heterocycles. The molecular weight excluding hydrogens is 309 g/mol. The lowest BCUT2D eigenvalue weighted by atomic mass is 9.94. The first-order valence-electron chi connectivity index (χ1n) is 8.20. The summed E-state index contributed by atoms with van der Waals surface area (Å²) in [7, 11) is 0. The van der Waals surface area contributed by atoms with Gasteiger partial charge in [-0.3, -0.25) is 0 Å². The number of hydrogen-bond acceptors (Lipinski definition) is 0. The highest BCUT2D eigenvalue weighted by Crippen LogP contribution is 2.33. The Hall–Kier alpha value is -2.21. The fraction of sp³-hybridized carbons (Fsp3) is 0.333. The summed E-state index contributed by atoms with van der Waals surface area (Å²) in [6.45, 7) is 0. The van der Waals surface area contributed by atoms with Crippen LogP contribution < -0.4 is 0 Å². The van der Waals surface area contributed by atoms with Crippen LogP contribution in [0.15, 0.2) is 60.7 Å². The predicted molar refractivity (Wildman–Crippen MR) is 91.5 cm³/mol. The lowest BCUT2D eigenvalue weighted by Gasteiger charge is -2.19. The molecule has 1 unspecified atom stereocenters. The maximum atomic E-state index is 13.2. The van der Waals surface area contributed by atoms with Gasteiger partial charge in [0.25, 0.3) is 0 Å². The van der Waals surface area contributed by atoms with E-state index in [-0.39, 0.29) is 12.8 Å². The number of benzene rings is 2. The van der Waals surface area contributed by atoms with E-state index in [0.29, 0.717) is 19.3 Å². The molecule has 24 heavy (non-hydrogen) atoms. The zero-order valence-corrected chi connectivity index (χ0v) is 13.5. The number of aryl methyl sites for hydroxylation is 1. The van der Waals surface area contributed by atoms with Crippen molar-refractivity contribution in [3.8, 4) is 11.8 Å². The topological polar surface area (TPSA) is 0 Å². The Labute approximate surface area is 141 Å². The summed E-state index contributed by atoms with van der Waals surface area (Å²) in [5.74, 6) is 4.70. The average Bonchev–Trinajstić information content (AvgIpc) is 2.58. The van der Waals surface area contributed by atoms with Gasteiger partial charge in [-0.1, -0.05) is 60.4 Å². The fourth-order valence-corrected chi connectivity index (χ4v) is 2.58. The molecule has 0 aromatic heterocycles. The van der Waals surface area contributed by atoms with Crippen LogP contribution in [0.2, 0.25) is 0 Å². The highest BCUT2D eigenvalue weighted by atomic mass is 19.4. The van der Waals surface area contributed by atoms with Gasteiger partial charge in [-0.05, 0) is 43.4 Å². The predicted octanol–water partition coefficient (Wildman–Crippen LogP) is 6.02. The molecule has 0 spiro atoms. The zero-order chi connectivity index (χ0) is 17.3. The summed E-state index contributed by atoms with van der Waals surface area (Å²) in [6.07, 6.45) is -2.44. The molecule has 0 N–H and O–H groups in total. The minimum atomic E-state index is -4.14. The van der Waals surface area contributed by atoms with Crippen LogP contribution in [0.4, 0.5) is 13.2 Å². The van der Waals surface area contributed by atoms with E-state index in [0.717, 1.165) is 11.1 Å². The first-order chi connectivity index (χ1) is 11.6. The van der Waals surface area contributed by atoms with Crippen LogP contribution in [-0.4, -0.2) is 6.18 Å². The largest absolute Gasteiger partial charge is 0.391 e. The highest BCUT2D eigenvalue weighted by Gasteiger charge is 2.38. The maximum Gasteiger partial charge on any atom is 0.391 e. The SMILES string of the molecule is FC(F)(F)C(CCCC#Cc1ccccc1)CCc1ccccc1. The van der Waals surface area contributed by atoms with Crippen molar-refractivity contribution in [1.29, 1.82) is 0 Å². The lowest BCUT2D eigenvalue weighted by molar-refractivity contribution is -0.178. The minimum absolute atomic E-state index is 0.139. The van der Waals surface area contributed by atoms with Crippen molar-refractivity contribution in [3.05, 3.63) is 71.8 Å². The van der Waals surface area contributed by atoms with Crippen molar-refractivity contribution in [3.63, 3.8) is 0 Å². The highest BCUT2D eigenvalue weighted by molar-refractivity contribution is 5.33. The molecule has 0 amide bonds. The molecule has 0 aliphatic rings. The Morgan fingerprint density at radius 3 is 2.08 bits per heavy atom. The number of alkyl halides is 3. The van der Waals surface area contributed by atoms with E-state index in [4.69, 9.17) is 0 Å². The summed E-state index contributed by atoms with van der Waals surface area (Å²) in [5.41, 5.74) is 1.85. The van der Waals surface area contributed by atoms with Crippen molar-refractivity contribution in [2.45, 2.75) is 38.3 Å². The van der Waals surface area contributed by atoms with Gasteiger partial charge in [0.2, 0.25) is 0 Å². The molecule has 126 valence electrons. The number of halogens is 3. The number of hydrogen-bond donors (Lipinski definition) is 0. The van der Waals surface area contributed by atoms with E-state index in [1.165, 1.54) is 0 Å². The normalized spacial score (nSPS) is 12.3. The van der Waals surface area contributed by atoms with E-state index in [1.807, 2.05) is 60.7 Å². The molecule has 0 bridgehead atoms. The van der Waals surface area contributed by atoms with Crippen molar-refractivity contribution in [1.82, 2.24) is 0 Å². The molecule has 0 aliphatic heterocycles. The Kier molecular flexibility index (Phi) is 6.93. The molecular formula is C21H21F3. The van der Waals surface area contributed by atoms with Crippen LogP contribution in [0.25, 0.3) is 0 Å². The fourth-order valence-electron chi connectivity index (χ4n) is 2.58. The average molecular weight is 330 g/mol. The van der Waals surface area contributed by atoms with Gasteiger partial charge < -0.3 is 0 Å². The summed E-state index contributed by atoms with van der Waals surface area (Å²) < 4.78 is 39.5.